The lowest BCUT2D eigenvalue weighted by Crippen LogP contribution is -2.11. The molecule has 0 aliphatic rings. The summed E-state index contributed by atoms with van der Waals surface area (Å²) >= 11 is 1.50. The second-order valence-electron chi connectivity index (χ2n) is 7.14. The van der Waals surface area contributed by atoms with Crippen LogP contribution in [0.2, 0.25) is 0 Å². The van der Waals surface area contributed by atoms with Gasteiger partial charge in [-0.25, -0.2) is 0 Å². The third-order valence-corrected chi connectivity index (χ3v) is 5.50. The van der Waals surface area contributed by atoms with Crippen molar-refractivity contribution in [3.63, 3.8) is 0 Å². The number of hydrogen-bond donors (Lipinski definition) is 1. The van der Waals surface area contributed by atoms with Gasteiger partial charge < -0.3 is 5.32 Å². The summed E-state index contributed by atoms with van der Waals surface area (Å²) in [6.45, 7) is 6.37. The molecule has 26 heavy (non-hydrogen) atoms. The summed E-state index contributed by atoms with van der Waals surface area (Å²) in [4.78, 5) is 26.9. The highest BCUT2D eigenvalue weighted by molar-refractivity contribution is 7.14. The minimum absolute atomic E-state index is 0.0191. The van der Waals surface area contributed by atoms with Gasteiger partial charge in [0, 0.05) is 21.7 Å². The summed E-state index contributed by atoms with van der Waals surface area (Å²) in [5.41, 5.74) is 1.81. The van der Waals surface area contributed by atoms with Crippen molar-refractivity contribution in [3.05, 3.63) is 87.6 Å². The summed E-state index contributed by atoms with van der Waals surface area (Å²) in [7, 11) is 0. The predicted molar refractivity (Wildman–Crippen MR) is 107 cm³/mol. The van der Waals surface area contributed by atoms with E-state index in [-0.39, 0.29) is 17.1 Å². The van der Waals surface area contributed by atoms with Gasteiger partial charge in [-0.2, -0.15) is 0 Å². The number of benzene rings is 2. The fraction of sp³-hybridized carbons (Fsp3) is 0.182. The lowest BCUT2D eigenvalue weighted by atomic mass is 9.95. The molecule has 0 bridgehead atoms. The quantitative estimate of drug-likeness (QED) is 0.620. The molecule has 4 heteroatoms. The minimum Gasteiger partial charge on any atom is -0.321 e. The van der Waals surface area contributed by atoms with Gasteiger partial charge in [-0.3, -0.25) is 9.59 Å². The van der Waals surface area contributed by atoms with Gasteiger partial charge in [0.2, 0.25) is 0 Å². The van der Waals surface area contributed by atoms with Gasteiger partial charge in [-0.15, -0.1) is 11.3 Å². The van der Waals surface area contributed by atoms with E-state index in [0.29, 0.717) is 21.7 Å². The van der Waals surface area contributed by atoms with Gasteiger partial charge in [0.1, 0.15) is 0 Å². The number of carbonyl (C=O) groups is 2. The summed E-state index contributed by atoms with van der Waals surface area (Å²) < 4.78 is 0. The average molecular weight is 363 g/mol. The molecule has 1 N–H and O–H groups in total. The third-order valence-electron chi connectivity index (χ3n) is 3.99. The van der Waals surface area contributed by atoms with Crippen molar-refractivity contribution >= 4 is 28.7 Å². The van der Waals surface area contributed by atoms with Gasteiger partial charge in [0.25, 0.3) is 5.91 Å². The number of rotatable bonds is 4. The Balaban J connectivity index is 1.77. The van der Waals surface area contributed by atoms with Crippen LogP contribution in [0, 0.1) is 0 Å². The van der Waals surface area contributed by atoms with Crippen LogP contribution in [-0.2, 0) is 5.41 Å². The number of nitrogens with one attached hydrogen (secondary N) is 1. The largest absolute Gasteiger partial charge is 0.321 e. The summed E-state index contributed by atoms with van der Waals surface area (Å²) in [5.74, 6) is -0.220. The monoisotopic (exact) mass is 363 g/mol. The average Bonchev–Trinajstić information content (AvgIpc) is 3.13. The molecule has 0 atom stereocenters. The van der Waals surface area contributed by atoms with E-state index >= 15 is 0 Å². The maximum atomic E-state index is 12.6. The van der Waals surface area contributed by atoms with Gasteiger partial charge >= 0.3 is 0 Å². The molecule has 3 rings (SSSR count). The molecule has 1 aromatic heterocycles. The first-order chi connectivity index (χ1) is 12.3. The molecule has 0 saturated carbocycles. The molecule has 3 nitrogen and oxygen atoms in total. The van der Waals surface area contributed by atoms with E-state index in [1.54, 1.807) is 36.4 Å². The molecule has 0 unspecified atom stereocenters. The van der Waals surface area contributed by atoms with E-state index in [1.807, 2.05) is 30.3 Å². The zero-order valence-electron chi connectivity index (χ0n) is 15.1. The molecular weight excluding hydrogens is 342 g/mol. The van der Waals surface area contributed by atoms with Crippen LogP contribution < -0.4 is 5.32 Å². The van der Waals surface area contributed by atoms with E-state index < -0.39 is 0 Å². The van der Waals surface area contributed by atoms with E-state index in [1.165, 1.54) is 11.3 Å². The molecule has 1 heterocycles. The molecule has 0 aliphatic heterocycles. The standard InChI is InChI=1S/C22H21NO2S/c1-22(2,3)19-13-12-18(26-19)21(25)23-17-11-7-10-16(14-17)20(24)15-8-5-4-6-9-15/h4-14H,1-3H3,(H,23,25). The fourth-order valence-corrected chi connectivity index (χ4v) is 3.51. The first-order valence-corrected chi connectivity index (χ1v) is 9.28. The Morgan fingerprint density at radius 2 is 1.54 bits per heavy atom. The minimum atomic E-state index is -0.158. The number of anilines is 1. The van der Waals surface area contributed by atoms with Gasteiger partial charge in [-0.1, -0.05) is 63.2 Å². The Morgan fingerprint density at radius 1 is 0.846 bits per heavy atom. The van der Waals surface area contributed by atoms with Gasteiger partial charge in [0.05, 0.1) is 4.88 Å². The molecule has 0 spiro atoms. The summed E-state index contributed by atoms with van der Waals surface area (Å²) in [6, 6.07) is 20.0. The first-order valence-electron chi connectivity index (χ1n) is 8.46. The summed E-state index contributed by atoms with van der Waals surface area (Å²) in [6.07, 6.45) is 0. The Bertz CT molecular complexity index is 936. The number of ketones is 1. The Labute approximate surface area is 157 Å². The molecule has 1 amide bonds. The van der Waals surface area contributed by atoms with E-state index in [4.69, 9.17) is 0 Å². The Morgan fingerprint density at radius 3 is 2.19 bits per heavy atom. The van der Waals surface area contributed by atoms with Gasteiger partial charge in [-0.05, 0) is 29.7 Å². The number of amides is 1. The van der Waals surface area contributed by atoms with Crippen molar-refractivity contribution in [2.45, 2.75) is 26.2 Å². The highest BCUT2D eigenvalue weighted by Crippen LogP contribution is 2.30. The van der Waals surface area contributed by atoms with Crippen molar-refractivity contribution < 1.29 is 9.59 Å². The molecule has 132 valence electrons. The van der Waals surface area contributed by atoms with E-state index in [2.05, 4.69) is 26.1 Å². The molecule has 0 saturated heterocycles. The predicted octanol–water partition coefficient (Wildman–Crippen LogP) is 5.53. The normalized spacial score (nSPS) is 11.2. The van der Waals surface area contributed by atoms with Crippen LogP contribution in [0.3, 0.4) is 0 Å². The van der Waals surface area contributed by atoms with Crippen LogP contribution in [0.5, 0.6) is 0 Å². The molecule has 2 aromatic carbocycles. The van der Waals surface area contributed by atoms with Crippen LogP contribution in [-0.4, -0.2) is 11.7 Å². The molecule has 0 radical (unpaired) electrons. The second-order valence-corrected chi connectivity index (χ2v) is 8.23. The number of thiophene rings is 1. The van der Waals surface area contributed by atoms with Crippen molar-refractivity contribution in [2.24, 2.45) is 0 Å². The van der Waals surface area contributed by atoms with Crippen LogP contribution in [0.4, 0.5) is 5.69 Å². The number of carbonyl (C=O) groups excluding carboxylic acids is 2. The lowest BCUT2D eigenvalue weighted by molar-refractivity contribution is 0.102. The first kappa shape index (κ1) is 18.1. The Hall–Kier alpha value is -2.72. The topological polar surface area (TPSA) is 46.2 Å². The van der Waals surface area contributed by atoms with Crippen molar-refractivity contribution in [1.29, 1.82) is 0 Å². The summed E-state index contributed by atoms with van der Waals surface area (Å²) in [5, 5.41) is 2.89. The van der Waals surface area contributed by atoms with E-state index in [9.17, 15) is 9.59 Å². The van der Waals surface area contributed by atoms with E-state index in [0.717, 1.165) is 4.88 Å². The zero-order chi connectivity index (χ0) is 18.7. The maximum absolute atomic E-state index is 12.6. The maximum Gasteiger partial charge on any atom is 0.265 e. The van der Waals surface area contributed by atoms with Crippen LogP contribution in [0.1, 0.15) is 51.2 Å². The van der Waals surface area contributed by atoms with Crippen LogP contribution in [0.15, 0.2) is 66.7 Å². The smallest absolute Gasteiger partial charge is 0.265 e. The zero-order valence-corrected chi connectivity index (χ0v) is 15.9. The highest BCUT2D eigenvalue weighted by Gasteiger charge is 2.19. The SMILES string of the molecule is CC(C)(C)c1ccc(C(=O)Nc2cccc(C(=O)c3ccccc3)c2)s1. The van der Waals surface area contributed by atoms with Crippen molar-refractivity contribution in [3.8, 4) is 0 Å². The molecule has 0 fully saturated rings. The van der Waals surface area contributed by atoms with Crippen LogP contribution in [0.25, 0.3) is 0 Å². The Kier molecular flexibility index (Phi) is 5.05. The van der Waals surface area contributed by atoms with Crippen molar-refractivity contribution in [1.82, 2.24) is 0 Å². The van der Waals surface area contributed by atoms with Gasteiger partial charge in [0.15, 0.2) is 5.78 Å². The lowest BCUT2D eigenvalue weighted by Gasteiger charge is -2.15. The second kappa shape index (κ2) is 7.26. The molecular formula is C22H21NO2S. The molecule has 3 aromatic rings. The fourth-order valence-electron chi connectivity index (χ4n) is 2.55. The van der Waals surface area contributed by atoms with Crippen molar-refractivity contribution in [2.75, 3.05) is 5.32 Å². The van der Waals surface area contributed by atoms with Crippen LogP contribution >= 0.6 is 11.3 Å². The highest BCUT2D eigenvalue weighted by atomic mass is 32.1. The molecule has 0 aliphatic carbocycles. The number of hydrogen-bond acceptors (Lipinski definition) is 3. The third kappa shape index (κ3) is 4.09.